The van der Waals surface area contributed by atoms with E-state index >= 15 is 0 Å². The molecule has 9 heteroatoms. The highest BCUT2D eigenvalue weighted by Crippen LogP contribution is 2.57. The Kier molecular flexibility index (Phi) is 7.18. The second kappa shape index (κ2) is 8.12. The van der Waals surface area contributed by atoms with Crippen LogP contribution < -0.4 is 0 Å². The maximum absolute atomic E-state index is 11.2. The van der Waals surface area contributed by atoms with Crippen LogP contribution in [0.5, 0.6) is 0 Å². The maximum Gasteiger partial charge on any atom is 0.481 e. The summed E-state index contributed by atoms with van der Waals surface area (Å²) in [5, 5.41) is 0. The first kappa shape index (κ1) is 16.8. The lowest BCUT2D eigenvalue weighted by Gasteiger charge is -2.11. The fourth-order valence-electron chi connectivity index (χ4n) is 1.05. The molecule has 0 rings (SSSR count). The Labute approximate surface area is 114 Å². The molecule has 0 saturated carbocycles. The molecule has 0 heterocycles. The molecule has 0 amide bonds. The maximum atomic E-state index is 11.2. The van der Waals surface area contributed by atoms with Gasteiger partial charge in [0.1, 0.15) is 0 Å². The predicted octanol–water partition coefficient (Wildman–Crippen LogP) is 2.91. The highest BCUT2D eigenvalue weighted by molar-refractivity contribution is 7.60. The van der Waals surface area contributed by atoms with Crippen LogP contribution in [0.4, 0.5) is 0 Å². The molecule has 0 aliphatic rings. The molecule has 0 aromatic rings. The zero-order chi connectivity index (χ0) is 16.0. The Bertz CT molecular complexity index is 464. The van der Waals surface area contributed by atoms with Gasteiger partial charge < -0.3 is 14.7 Å². The van der Waals surface area contributed by atoms with Crippen molar-refractivity contribution in [2.24, 2.45) is 0 Å². The second-order valence-corrected chi connectivity index (χ2v) is 6.90. The van der Waals surface area contributed by atoms with E-state index in [-0.39, 0.29) is 0 Å². The fraction of sp³-hybridized carbons (Fsp3) is 0.600. The van der Waals surface area contributed by atoms with E-state index in [0.717, 1.165) is 17.6 Å². The van der Waals surface area contributed by atoms with Gasteiger partial charge >= 0.3 is 15.6 Å². The molecule has 0 spiro atoms. The van der Waals surface area contributed by atoms with Gasteiger partial charge in [-0.25, -0.2) is 9.13 Å². The van der Waals surface area contributed by atoms with Gasteiger partial charge in [0.05, 0.1) is 7.95 Å². The average Bonchev–Trinajstić information content (AvgIpc) is 2.10. The average molecular weight is 316 g/mol. The van der Waals surface area contributed by atoms with E-state index in [4.69, 9.17) is 16.1 Å². The van der Waals surface area contributed by atoms with Crippen LogP contribution in [-0.2, 0) is 18.0 Å². The van der Waals surface area contributed by atoms with Crippen LogP contribution >= 0.6 is 15.6 Å². The Morgan fingerprint density at radius 2 is 1.79 bits per heavy atom. The summed E-state index contributed by atoms with van der Waals surface area (Å²) >= 11 is 0. The molecule has 0 saturated heterocycles. The molecule has 2 unspecified atom stereocenters. The van der Waals surface area contributed by atoms with Crippen molar-refractivity contribution in [1.29, 1.82) is 0 Å². The Hall–Kier alpha value is -0.260. The smallest absolute Gasteiger partial charge is 0.302 e. The van der Waals surface area contributed by atoms with Gasteiger partial charge in [0, 0.05) is 0 Å². The number of phosphoric ester groups is 1. The largest absolute Gasteiger partial charge is 0.481 e. The summed E-state index contributed by atoms with van der Waals surface area (Å²) in [6.07, 6.45) is 4.67. The van der Waals surface area contributed by atoms with Crippen molar-refractivity contribution >= 4 is 15.6 Å². The summed E-state index contributed by atoms with van der Waals surface area (Å²) in [6.45, 7) is 4.08. The SMILES string of the molecule is [3H]C(/C=C(\C)CCC=C(C)C)OP(=O)(O)OP(=O)(O)O. The normalized spacial score (nSPS) is 18.4. The van der Waals surface area contributed by atoms with E-state index in [1.807, 2.05) is 19.9 Å². The molecule has 0 aliphatic heterocycles. The third-order valence-corrected chi connectivity index (χ3v) is 3.91. The van der Waals surface area contributed by atoms with Gasteiger partial charge in [0.25, 0.3) is 0 Å². The minimum Gasteiger partial charge on any atom is -0.302 e. The zero-order valence-electron chi connectivity index (χ0n) is 12.0. The van der Waals surface area contributed by atoms with Crippen molar-refractivity contribution in [3.63, 3.8) is 0 Å². The second-order valence-electron chi connectivity index (χ2n) is 4.12. The van der Waals surface area contributed by atoms with Crippen molar-refractivity contribution in [2.75, 3.05) is 6.58 Å². The first-order valence-corrected chi connectivity index (χ1v) is 8.45. The van der Waals surface area contributed by atoms with Crippen LogP contribution in [0.2, 0.25) is 0 Å². The van der Waals surface area contributed by atoms with Gasteiger partial charge in [0.2, 0.25) is 0 Å². The molecular weight excluding hydrogens is 294 g/mol. The summed E-state index contributed by atoms with van der Waals surface area (Å²) < 4.78 is 36.9. The lowest BCUT2D eigenvalue weighted by molar-refractivity contribution is 0.191. The molecule has 0 bridgehead atoms. The Balaban J connectivity index is 4.46. The minimum atomic E-state index is -5.16. The number of rotatable bonds is 8. The van der Waals surface area contributed by atoms with Gasteiger partial charge in [0.15, 0.2) is 0 Å². The first-order chi connectivity index (χ1) is 8.91. The number of phosphoric acid groups is 2. The van der Waals surface area contributed by atoms with E-state index in [0.29, 0.717) is 6.42 Å². The lowest BCUT2D eigenvalue weighted by Crippen LogP contribution is -1.94. The molecular formula is C10H20O7P2. The minimum absolute atomic E-state index is 0.638. The van der Waals surface area contributed by atoms with Crippen LogP contribution in [0.25, 0.3) is 0 Å². The van der Waals surface area contributed by atoms with Crippen molar-refractivity contribution < 1.29 is 34.0 Å². The van der Waals surface area contributed by atoms with Crippen LogP contribution in [0, 0.1) is 0 Å². The van der Waals surface area contributed by atoms with Gasteiger partial charge in [-0.1, -0.05) is 23.3 Å². The molecule has 0 aliphatic carbocycles. The standard InChI is InChI=1S/C10H20O7P2/c1-9(2)5-4-6-10(3)7-8-16-19(14,15)17-18(11,12)13/h5,7H,4,6,8H2,1-3H3,(H,14,15)(H2,11,12,13)/b10-7+/i8T. The predicted molar refractivity (Wildman–Crippen MR) is 71.3 cm³/mol. The first-order valence-electron chi connectivity index (χ1n) is 6.00. The summed E-state index contributed by atoms with van der Waals surface area (Å²) in [7, 11) is -10.1. The molecule has 0 aromatic carbocycles. The number of allylic oxidation sites excluding steroid dienone is 3. The third-order valence-electron chi connectivity index (χ3n) is 1.85. The number of hydrogen-bond donors (Lipinski definition) is 3. The highest BCUT2D eigenvalue weighted by Gasteiger charge is 2.31. The van der Waals surface area contributed by atoms with Crippen LogP contribution in [0.3, 0.4) is 0 Å². The third kappa shape index (κ3) is 12.5. The molecule has 2 atom stereocenters. The van der Waals surface area contributed by atoms with Gasteiger partial charge in [-0.2, -0.15) is 4.31 Å². The van der Waals surface area contributed by atoms with Crippen molar-refractivity contribution in [3.05, 3.63) is 23.3 Å². The zero-order valence-corrected chi connectivity index (χ0v) is 12.8. The Morgan fingerprint density at radius 3 is 2.26 bits per heavy atom. The number of hydrogen-bond acceptors (Lipinski definition) is 4. The van der Waals surface area contributed by atoms with Crippen molar-refractivity contribution in [3.8, 4) is 0 Å². The lowest BCUT2D eigenvalue weighted by atomic mass is 10.1. The Morgan fingerprint density at radius 1 is 1.21 bits per heavy atom. The summed E-state index contributed by atoms with van der Waals surface area (Å²) in [4.78, 5) is 25.9. The molecule has 0 aromatic heterocycles. The van der Waals surface area contributed by atoms with Gasteiger partial charge in [-0.05, 0) is 33.6 Å². The van der Waals surface area contributed by atoms with Crippen molar-refractivity contribution in [2.45, 2.75) is 33.6 Å². The quantitative estimate of drug-likeness (QED) is 0.466. The summed E-state index contributed by atoms with van der Waals surface area (Å²) in [5.74, 6) is 0. The highest BCUT2D eigenvalue weighted by atomic mass is 31.3. The fourth-order valence-corrected chi connectivity index (χ4v) is 2.49. The summed E-state index contributed by atoms with van der Waals surface area (Å²) in [5.41, 5.74) is 1.91. The topological polar surface area (TPSA) is 113 Å². The summed E-state index contributed by atoms with van der Waals surface area (Å²) in [6, 6.07) is 0. The van der Waals surface area contributed by atoms with E-state index in [9.17, 15) is 9.13 Å². The molecule has 7 nitrogen and oxygen atoms in total. The van der Waals surface area contributed by atoms with E-state index in [2.05, 4.69) is 8.83 Å². The molecule has 3 N–H and O–H groups in total. The van der Waals surface area contributed by atoms with E-state index in [1.165, 1.54) is 6.08 Å². The monoisotopic (exact) mass is 316 g/mol. The van der Waals surface area contributed by atoms with E-state index < -0.39 is 22.2 Å². The van der Waals surface area contributed by atoms with Crippen molar-refractivity contribution in [1.82, 2.24) is 0 Å². The van der Waals surface area contributed by atoms with Crippen LogP contribution in [-0.4, -0.2) is 21.3 Å². The van der Waals surface area contributed by atoms with Gasteiger partial charge in [-0.3, -0.25) is 4.52 Å². The molecule has 0 fully saturated rings. The van der Waals surface area contributed by atoms with Crippen LogP contribution in [0.1, 0.15) is 35.0 Å². The van der Waals surface area contributed by atoms with Gasteiger partial charge in [-0.15, -0.1) is 0 Å². The molecule has 19 heavy (non-hydrogen) atoms. The van der Waals surface area contributed by atoms with E-state index in [1.54, 1.807) is 6.92 Å². The van der Waals surface area contributed by atoms with Crippen LogP contribution in [0.15, 0.2) is 23.3 Å². The molecule has 0 radical (unpaired) electrons. The molecule has 112 valence electrons.